The summed E-state index contributed by atoms with van der Waals surface area (Å²) < 4.78 is 1.74. The molecule has 1 aliphatic heterocycles. The average molecular weight is 406 g/mol. The first kappa shape index (κ1) is 19.9. The van der Waals surface area contributed by atoms with E-state index in [-0.39, 0.29) is 11.9 Å². The van der Waals surface area contributed by atoms with E-state index in [1.165, 1.54) is 5.56 Å². The lowest BCUT2D eigenvalue weighted by Gasteiger charge is -2.14. The highest BCUT2D eigenvalue weighted by Crippen LogP contribution is 2.17. The highest BCUT2D eigenvalue weighted by atomic mass is 16.2. The predicted octanol–water partition coefficient (Wildman–Crippen LogP) is 2.21. The van der Waals surface area contributed by atoms with Gasteiger partial charge in [0.25, 0.3) is 5.91 Å². The summed E-state index contributed by atoms with van der Waals surface area (Å²) in [5.41, 5.74) is 3.37. The van der Waals surface area contributed by atoms with E-state index >= 15 is 0 Å². The molecule has 0 radical (unpaired) electrons. The first-order chi connectivity index (χ1) is 14.7. The number of carbonyl (C=O) groups excluding carboxylic acids is 2. The molecule has 1 fully saturated rings. The number of urea groups is 1. The Morgan fingerprint density at radius 1 is 0.967 bits per heavy atom. The largest absolute Gasteiger partial charge is 0.339 e. The van der Waals surface area contributed by atoms with E-state index in [9.17, 15) is 9.59 Å². The molecule has 30 heavy (non-hydrogen) atoms. The molecule has 2 aromatic carbocycles. The van der Waals surface area contributed by atoms with Gasteiger partial charge in [-0.2, -0.15) is 0 Å². The summed E-state index contributed by atoms with van der Waals surface area (Å²) in [6.07, 6.45) is 2.93. The molecule has 3 aromatic rings. The molecule has 156 valence electrons. The zero-order valence-electron chi connectivity index (χ0n) is 16.9. The predicted molar refractivity (Wildman–Crippen MR) is 114 cm³/mol. The zero-order chi connectivity index (χ0) is 20.8. The SMILES string of the molecule is O=C(NCCc1ccccc1)NCCn1nnc2cc(C(=O)N3CCCC3)ccc21. The minimum absolute atomic E-state index is 0.0535. The summed E-state index contributed by atoms with van der Waals surface area (Å²) in [6, 6.07) is 15.3. The van der Waals surface area contributed by atoms with Crippen molar-refractivity contribution < 1.29 is 9.59 Å². The van der Waals surface area contributed by atoms with Crippen molar-refractivity contribution >= 4 is 23.0 Å². The second-order valence-corrected chi connectivity index (χ2v) is 7.43. The molecule has 8 nitrogen and oxygen atoms in total. The van der Waals surface area contributed by atoms with Crippen LogP contribution in [0.5, 0.6) is 0 Å². The van der Waals surface area contributed by atoms with Crippen molar-refractivity contribution in [2.45, 2.75) is 25.8 Å². The van der Waals surface area contributed by atoms with E-state index in [1.807, 2.05) is 47.4 Å². The van der Waals surface area contributed by atoms with Crippen LogP contribution in [0, 0.1) is 0 Å². The number of nitrogens with zero attached hydrogens (tertiary/aromatic N) is 4. The van der Waals surface area contributed by atoms with Crippen molar-refractivity contribution in [1.29, 1.82) is 0 Å². The lowest BCUT2D eigenvalue weighted by Crippen LogP contribution is -2.38. The monoisotopic (exact) mass is 406 g/mol. The number of likely N-dealkylation sites (tertiary alicyclic amines) is 1. The van der Waals surface area contributed by atoms with Gasteiger partial charge in [-0.1, -0.05) is 35.5 Å². The average Bonchev–Trinajstić information content (AvgIpc) is 3.44. The minimum atomic E-state index is -0.200. The maximum absolute atomic E-state index is 12.5. The van der Waals surface area contributed by atoms with Crippen LogP contribution in [0.1, 0.15) is 28.8 Å². The smallest absolute Gasteiger partial charge is 0.314 e. The zero-order valence-corrected chi connectivity index (χ0v) is 16.9. The fourth-order valence-corrected chi connectivity index (χ4v) is 3.68. The lowest BCUT2D eigenvalue weighted by atomic mass is 10.1. The van der Waals surface area contributed by atoms with E-state index in [1.54, 1.807) is 10.7 Å². The number of fused-ring (bicyclic) bond motifs is 1. The molecule has 1 saturated heterocycles. The molecule has 0 bridgehead atoms. The lowest BCUT2D eigenvalue weighted by molar-refractivity contribution is 0.0793. The maximum atomic E-state index is 12.5. The number of hydrogen-bond donors (Lipinski definition) is 2. The molecular weight excluding hydrogens is 380 g/mol. The second-order valence-electron chi connectivity index (χ2n) is 7.43. The molecule has 4 rings (SSSR count). The fraction of sp³-hybridized carbons (Fsp3) is 0.364. The number of benzene rings is 2. The van der Waals surface area contributed by atoms with Gasteiger partial charge < -0.3 is 15.5 Å². The Hall–Kier alpha value is -3.42. The van der Waals surface area contributed by atoms with Crippen LogP contribution < -0.4 is 10.6 Å². The molecule has 3 amide bonds. The Kier molecular flexibility index (Phi) is 6.22. The molecule has 1 aliphatic rings. The van der Waals surface area contributed by atoms with Crippen LogP contribution in [0.25, 0.3) is 11.0 Å². The van der Waals surface area contributed by atoms with Gasteiger partial charge in [-0.15, -0.1) is 5.10 Å². The van der Waals surface area contributed by atoms with Crippen molar-refractivity contribution in [1.82, 2.24) is 30.5 Å². The van der Waals surface area contributed by atoms with Crippen molar-refractivity contribution in [3.63, 3.8) is 0 Å². The van der Waals surface area contributed by atoms with E-state index in [4.69, 9.17) is 0 Å². The molecule has 2 N–H and O–H groups in total. The molecule has 1 aromatic heterocycles. The van der Waals surface area contributed by atoms with Gasteiger partial charge in [0.2, 0.25) is 0 Å². The number of carbonyl (C=O) groups is 2. The first-order valence-electron chi connectivity index (χ1n) is 10.4. The fourth-order valence-electron chi connectivity index (χ4n) is 3.68. The molecule has 0 atom stereocenters. The van der Waals surface area contributed by atoms with Gasteiger partial charge >= 0.3 is 6.03 Å². The topological polar surface area (TPSA) is 92.1 Å². The van der Waals surface area contributed by atoms with E-state index in [2.05, 4.69) is 20.9 Å². The third kappa shape index (κ3) is 4.76. The Morgan fingerprint density at radius 3 is 2.53 bits per heavy atom. The van der Waals surface area contributed by atoms with Crippen LogP contribution in [-0.4, -0.2) is 58.0 Å². The Bertz CT molecular complexity index is 1010. The Labute approximate surface area is 175 Å². The van der Waals surface area contributed by atoms with Crippen molar-refractivity contribution in [2.24, 2.45) is 0 Å². The second kappa shape index (κ2) is 9.39. The van der Waals surface area contributed by atoms with Gasteiger partial charge in [-0.25, -0.2) is 9.48 Å². The molecule has 0 saturated carbocycles. The maximum Gasteiger partial charge on any atom is 0.314 e. The number of amides is 3. The Balaban J connectivity index is 1.26. The van der Waals surface area contributed by atoms with Crippen LogP contribution in [0.2, 0.25) is 0 Å². The van der Waals surface area contributed by atoms with Crippen LogP contribution in [0.3, 0.4) is 0 Å². The summed E-state index contributed by atoms with van der Waals surface area (Å²) in [7, 11) is 0. The Morgan fingerprint density at radius 2 is 1.73 bits per heavy atom. The summed E-state index contributed by atoms with van der Waals surface area (Å²) in [4.78, 5) is 26.4. The summed E-state index contributed by atoms with van der Waals surface area (Å²) in [6.45, 7) is 3.16. The molecule has 0 spiro atoms. The third-order valence-electron chi connectivity index (χ3n) is 5.31. The highest BCUT2D eigenvalue weighted by Gasteiger charge is 2.20. The normalized spacial score (nSPS) is 13.5. The third-order valence-corrected chi connectivity index (χ3v) is 5.31. The van der Waals surface area contributed by atoms with Gasteiger partial charge in [0.1, 0.15) is 5.52 Å². The minimum Gasteiger partial charge on any atom is -0.339 e. The molecule has 2 heterocycles. The van der Waals surface area contributed by atoms with Gasteiger partial charge in [-0.3, -0.25) is 4.79 Å². The van der Waals surface area contributed by atoms with Gasteiger partial charge in [0.15, 0.2) is 0 Å². The van der Waals surface area contributed by atoms with Crippen LogP contribution in [0.4, 0.5) is 4.79 Å². The van der Waals surface area contributed by atoms with Crippen LogP contribution in [-0.2, 0) is 13.0 Å². The standard InChI is InChI=1S/C22H26N6O2/c29-21(27-13-4-5-14-27)18-8-9-20-19(16-18)25-26-28(20)15-12-24-22(30)23-11-10-17-6-2-1-3-7-17/h1-3,6-9,16H,4-5,10-15H2,(H2,23,24,30). The summed E-state index contributed by atoms with van der Waals surface area (Å²) >= 11 is 0. The van der Waals surface area contributed by atoms with E-state index in [0.717, 1.165) is 37.9 Å². The quantitative estimate of drug-likeness (QED) is 0.629. The number of aromatic nitrogens is 3. The molecular formula is C22H26N6O2. The first-order valence-corrected chi connectivity index (χ1v) is 10.4. The van der Waals surface area contributed by atoms with Crippen molar-refractivity contribution in [2.75, 3.05) is 26.2 Å². The molecule has 0 unspecified atom stereocenters. The number of rotatable bonds is 7. The van der Waals surface area contributed by atoms with E-state index < -0.39 is 0 Å². The molecule has 0 aliphatic carbocycles. The van der Waals surface area contributed by atoms with Crippen LogP contribution >= 0.6 is 0 Å². The van der Waals surface area contributed by atoms with Gasteiger partial charge in [-0.05, 0) is 43.0 Å². The van der Waals surface area contributed by atoms with Gasteiger partial charge in [0, 0.05) is 31.7 Å². The summed E-state index contributed by atoms with van der Waals surface area (Å²) in [5, 5.41) is 14.0. The highest BCUT2D eigenvalue weighted by molar-refractivity contribution is 5.97. The summed E-state index contributed by atoms with van der Waals surface area (Å²) in [5.74, 6) is 0.0535. The number of hydrogen-bond acceptors (Lipinski definition) is 4. The van der Waals surface area contributed by atoms with Crippen LogP contribution in [0.15, 0.2) is 48.5 Å². The van der Waals surface area contributed by atoms with Gasteiger partial charge in [0.05, 0.1) is 12.1 Å². The van der Waals surface area contributed by atoms with E-state index in [0.29, 0.717) is 30.7 Å². The molecule has 8 heteroatoms. The van der Waals surface area contributed by atoms with Crippen molar-refractivity contribution in [3.8, 4) is 0 Å². The number of nitrogens with one attached hydrogen (secondary N) is 2. The van der Waals surface area contributed by atoms with Crippen molar-refractivity contribution in [3.05, 3.63) is 59.7 Å².